The maximum Gasteiger partial charge on any atom is 0.255 e. The highest BCUT2D eigenvalue weighted by Gasteiger charge is 2.16. The quantitative estimate of drug-likeness (QED) is 0.793. The van der Waals surface area contributed by atoms with Gasteiger partial charge in [-0.1, -0.05) is 0 Å². The van der Waals surface area contributed by atoms with E-state index in [1.165, 1.54) is 0 Å². The van der Waals surface area contributed by atoms with Crippen molar-refractivity contribution in [3.05, 3.63) is 31.8 Å². The first-order chi connectivity index (χ1) is 7.60. The molecule has 0 bridgehead atoms. The molecule has 0 fully saturated rings. The van der Waals surface area contributed by atoms with Gasteiger partial charge in [0, 0.05) is 21.1 Å². The molecule has 0 aromatic heterocycles. The van der Waals surface area contributed by atoms with Crippen LogP contribution in [0.3, 0.4) is 0 Å². The molecule has 0 spiro atoms. The Labute approximate surface area is 117 Å². The molecular formula is C11H13BrINO2. The number of amides is 1. The Morgan fingerprint density at radius 3 is 2.81 bits per heavy atom. The molecule has 1 aromatic carbocycles. The van der Waals surface area contributed by atoms with Crippen molar-refractivity contribution < 1.29 is 9.90 Å². The van der Waals surface area contributed by atoms with Crippen LogP contribution in [0.15, 0.2) is 22.7 Å². The van der Waals surface area contributed by atoms with Gasteiger partial charge in [-0.25, -0.2) is 0 Å². The lowest BCUT2D eigenvalue weighted by molar-refractivity contribution is 0.0731. The van der Waals surface area contributed by atoms with Crippen molar-refractivity contribution in [2.24, 2.45) is 0 Å². The van der Waals surface area contributed by atoms with Gasteiger partial charge in [-0.3, -0.25) is 4.79 Å². The smallest absolute Gasteiger partial charge is 0.255 e. The Balaban J connectivity index is 2.98. The summed E-state index contributed by atoms with van der Waals surface area (Å²) >= 11 is 5.54. The molecule has 1 rings (SSSR count). The fraction of sp³-hybridized carbons (Fsp3) is 0.364. The van der Waals surface area contributed by atoms with E-state index in [1.807, 2.05) is 25.1 Å². The van der Waals surface area contributed by atoms with Gasteiger partial charge < -0.3 is 10.0 Å². The summed E-state index contributed by atoms with van der Waals surface area (Å²) in [5.74, 6) is -0.0538. The van der Waals surface area contributed by atoms with Crippen molar-refractivity contribution in [3.8, 4) is 0 Å². The van der Waals surface area contributed by atoms with Crippen molar-refractivity contribution in [2.75, 3.05) is 19.7 Å². The molecule has 5 heteroatoms. The third kappa shape index (κ3) is 3.43. The zero-order valence-electron chi connectivity index (χ0n) is 8.91. The summed E-state index contributed by atoms with van der Waals surface area (Å²) in [7, 11) is 0. The Bertz CT molecular complexity index is 384. The summed E-state index contributed by atoms with van der Waals surface area (Å²) < 4.78 is 1.80. The zero-order valence-corrected chi connectivity index (χ0v) is 12.7. The molecular weight excluding hydrogens is 385 g/mol. The monoisotopic (exact) mass is 397 g/mol. The number of nitrogens with zero attached hydrogens (tertiary/aromatic N) is 1. The van der Waals surface area contributed by atoms with Crippen molar-refractivity contribution >= 4 is 44.4 Å². The second-order valence-corrected chi connectivity index (χ2v) is 5.33. The van der Waals surface area contributed by atoms with Crippen LogP contribution >= 0.6 is 38.5 Å². The fourth-order valence-corrected chi connectivity index (χ4v) is 2.26. The fourth-order valence-electron chi connectivity index (χ4n) is 1.36. The molecule has 0 radical (unpaired) electrons. The van der Waals surface area contributed by atoms with E-state index in [9.17, 15) is 4.79 Å². The summed E-state index contributed by atoms with van der Waals surface area (Å²) in [6.45, 7) is 2.85. The first-order valence-electron chi connectivity index (χ1n) is 4.95. The normalized spacial score (nSPS) is 10.2. The summed E-state index contributed by atoms with van der Waals surface area (Å²) in [4.78, 5) is 13.7. The number of hydrogen-bond acceptors (Lipinski definition) is 2. The van der Waals surface area contributed by atoms with E-state index in [0.29, 0.717) is 18.7 Å². The highest BCUT2D eigenvalue weighted by Crippen LogP contribution is 2.21. The van der Waals surface area contributed by atoms with Crippen molar-refractivity contribution in [1.29, 1.82) is 0 Å². The predicted molar refractivity (Wildman–Crippen MR) is 75.5 cm³/mol. The minimum absolute atomic E-state index is 0.0128. The molecule has 0 saturated carbocycles. The van der Waals surface area contributed by atoms with Crippen LogP contribution in [0.2, 0.25) is 0 Å². The van der Waals surface area contributed by atoms with Crippen molar-refractivity contribution in [2.45, 2.75) is 6.92 Å². The number of likely N-dealkylation sites (N-methyl/N-ethyl adjacent to an activating group) is 1. The molecule has 1 aromatic rings. The average molecular weight is 398 g/mol. The number of aliphatic hydroxyl groups excluding tert-OH is 1. The average Bonchev–Trinajstić information content (AvgIpc) is 2.28. The van der Waals surface area contributed by atoms with Crippen molar-refractivity contribution in [3.63, 3.8) is 0 Å². The van der Waals surface area contributed by atoms with Gasteiger partial charge in [-0.2, -0.15) is 0 Å². The van der Waals surface area contributed by atoms with Crippen LogP contribution < -0.4 is 0 Å². The summed E-state index contributed by atoms with van der Waals surface area (Å²) in [6, 6.07) is 5.64. The zero-order chi connectivity index (χ0) is 12.1. The SMILES string of the molecule is CCN(CCO)C(=O)c1cc(I)ccc1Br. The molecule has 0 unspecified atom stereocenters. The van der Waals surface area contributed by atoms with E-state index in [1.54, 1.807) is 4.90 Å². The van der Waals surface area contributed by atoms with E-state index < -0.39 is 0 Å². The molecule has 0 saturated heterocycles. The number of benzene rings is 1. The number of hydrogen-bond donors (Lipinski definition) is 1. The summed E-state index contributed by atoms with van der Waals surface area (Å²) in [5, 5.41) is 8.88. The largest absolute Gasteiger partial charge is 0.395 e. The van der Waals surface area contributed by atoms with E-state index in [0.717, 1.165) is 8.04 Å². The molecule has 0 aliphatic carbocycles. The Kier molecular flexibility index (Phi) is 5.71. The first kappa shape index (κ1) is 13.9. The number of aliphatic hydroxyl groups is 1. The van der Waals surface area contributed by atoms with E-state index in [4.69, 9.17) is 5.11 Å². The number of carbonyl (C=O) groups is 1. The molecule has 0 aliphatic heterocycles. The topological polar surface area (TPSA) is 40.5 Å². The Morgan fingerprint density at radius 2 is 2.25 bits per heavy atom. The first-order valence-corrected chi connectivity index (χ1v) is 6.82. The highest BCUT2D eigenvalue weighted by atomic mass is 127. The standard InChI is InChI=1S/C11H13BrINO2/c1-2-14(5-6-15)11(16)9-7-8(13)3-4-10(9)12/h3-4,7,15H,2,5-6H2,1H3. The molecule has 1 amide bonds. The van der Waals surface area contributed by atoms with Crippen LogP contribution in [0, 0.1) is 3.57 Å². The molecule has 0 aliphatic rings. The van der Waals surface area contributed by atoms with Gasteiger partial charge >= 0.3 is 0 Å². The number of halogens is 2. The molecule has 1 N–H and O–H groups in total. The predicted octanol–water partition coefficient (Wildman–Crippen LogP) is 2.51. The van der Waals surface area contributed by atoms with Gasteiger partial charge in [-0.15, -0.1) is 0 Å². The van der Waals surface area contributed by atoms with Gasteiger partial charge in [0.25, 0.3) is 5.91 Å². The van der Waals surface area contributed by atoms with E-state index in [2.05, 4.69) is 38.5 Å². The second kappa shape index (κ2) is 6.56. The maximum atomic E-state index is 12.1. The van der Waals surface area contributed by atoms with E-state index in [-0.39, 0.29) is 12.5 Å². The van der Waals surface area contributed by atoms with Gasteiger partial charge in [0.15, 0.2) is 0 Å². The third-order valence-corrected chi connectivity index (χ3v) is 3.56. The molecule has 0 heterocycles. The van der Waals surface area contributed by atoms with Crippen LogP contribution in [0.25, 0.3) is 0 Å². The lowest BCUT2D eigenvalue weighted by Crippen LogP contribution is -2.33. The van der Waals surface area contributed by atoms with Crippen LogP contribution in [-0.4, -0.2) is 35.6 Å². The van der Waals surface area contributed by atoms with Crippen LogP contribution in [-0.2, 0) is 0 Å². The van der Waals surface area contributed by atoms with Gasteiger partial charge in [0.2, 0.25) is 0 Å². The Morgan fingerprint density at radius 1 is 1.56 bits per heavy atom. The summed E-state index contributed by atoms with van der Waals surface area (Å²) in [6.07, 6.45) is 0. The van der Waals surface area contributed by atoms with Gasteiger partial charge in [0.1, 0.15) is 0 Å². The van der Waals surface area contributed by atoms with Crippen molar-refractivity contribution in [1.82, 2.24) is 4.90 Å². The molecule has 88 valence electrons. The molecule has 3 nitrogen and oxygen atoms in total. The minimum Gasteiger partial charge on any atom is -0.395 e. The van der Waals surface area contributed by atoms with E-state index >= 15 is 0 Å². The number of rotatable bonds is 4. The second-order valence-electron chi connectivity index (χ2n) is 3.23. The number of carbonyl (C=O) groups excluding carboxylic acids is 1. The summed E-state index contributed by atoms with van der Waals surface area (Å²) in [5.41, 5.74) is 0.641. The van der Waals surface area contributed by atoms with Crippen LogP contribution in [0.5, 0.6) is 0 Å². The molecule has 16 heavy (non-hydrogen) atoms. The molecule has 0 atom stereocenters. The van der Waals surface area contributed by atoms with Crippen LogP contribution in [0.1, 0.15) is 17.3 Å². The lowest BCUT2D eigenvalue weighted by atomic mass is 10.2. The van der Waals surface area contributed by atoms with Crippen LogP contribution in [0.4, 0.5) is 0 Å². The maximum absolute atomic E-state index is 12.1. The Hall–Kier alpha value is -0.140. The minimum atomic E-state index is -0.0538. The van der Waals surface area contributed by atoms with Gasteiger partial charge in [0.05, 0.1) is 12.2 Å². The lowest BCUT2D eigenvalue weighted by Gasteiger charge is -2.20. The van der Waals surface area contributed by atoms with Gasteiger partial charge in [-0.05, 0) is 63.6 Å². The highest BCUT2D eigenvalue weighted by molar-refractivity contribution is 14.1. The third-order valence-electron chi connectivity index (χ3n) is 2.20.